The molecule has 2 rings (SSSR count). The number of aliphatic hydroxyl groups is 1. The predicted molar refractivity (Wildman–Crippen MR) is 72.3 cm³/mol. The van der Waals surface area contributed by atoms with Gasteiger partial charge in [-0.05, 0) is 24.6 Å². The minimum atomic E-state index is -1.09. The van der Waals surface area contributed by atoms with Gasteiger partial charge in [-0.15, -0.1) is 0 Å². The highest BCUT2D eigenvalue weighted by atomic mass is 16.4. The van der Waals surface area contributed by atoms with Crippen molar-refractivity contribution in [3.05, 3.63) is 35.4 Å². The molecule has 0 unspecified atom stereocenters. The Kier molecular flexibility index (Phi) is 4.36. The van der Waals surface area contributed by atoms with Gasteiger partial charge in [0.15, 0.2) is 0 Å². The lowest BCUT2D eigenvalue weighted by atomic mass is 10.0. The summed E-state index contributed by atoms with van der Waals surface area (Å²) in [5.74, 6) is -1.45. The summed E-state index contributed by atoms with van der Waals surface area (Å²) in [6.45, 7) is 0.460. The van der Waals surface area contributed by atoms with Gasteiger partial charge in [-0.3, -0.25) is 4.79 Å². The van der Waals surface area contributed by atoms with Gasteiger partial charge >= 0.3 is 5.97 Å². The van der Waals surface area contributed by atoms with Crippen molar-refractivity contribution in [1.82, 2.24) is 4.90 Å². The molecule has 1 saturated heterocycles. The molecule has 0 spiro atoms. The molecule has 108 valence electrons. The van der Waals surface area contributed by atoms with Crippen molar-refractivity contribution in [2.45, 2.75) is 25.0 Å². The van der Waals surface area contributed by atoms with E-state index in [1.54, 1.807) is 12.1 Å². The Labute approximate surface area is 116 Å². The van der Waals surface area contributed by atoms with Crippen LogP contribution in [0.5, 0.6) is 0 Å². The van der Waals surface area contributed by atoms with E-state index < -0.39 is 18.1 Å². The molecule has 1 aromatic carbocycles. The monoisotopic (exact) mass is 278 g/mol. The first-order valence-corrected chi connectivity index (χ1v) is 6.54. The number of likely N-dealkylation sites (tertiary alicyclic amines) is 1. The molecule has 6 heteroatoms. The summed E-state index contributed by atoms with van der Waals surface area (Å²) in [6.07, 6.45) is -0.169. The number of aliphatic carboxylic acids is 1. The lowest BCUT2D eigenvalue weighted by Crippen LogP contribution is -2.41. The van der Waals surface area contributed by atoms with Crippen molar-refractivity contribution in [2.75, 3.05) is 13.1 Å². The summed E-state index contributed by atoms with van der Waals surface area (Å²) < 4.78 is 0. The maximum absolute atomic E-state index is 12.5. The quantitative estimate of drug-likeness (QED) is 0.710. The molecule has 0 radical (unpaired) electrons. The average molecular weight is 278 g/mol. The van der Waals surface area contributed by atoms with Crippen molar-refractivity contribution in [3.8, 4) is 0 Å². The fourth-order valence-corrected chi connectivity index (χ4v) is 2.53. The molecule has 1 heterocycles. The number of rotatable bonds is 4. The Balaban J connectivity index is 2.29. The number of nitrogens with two attached hydrogens (primary N) is 1. The zero-order chi connectivity index (χ0) is 14.7. The highest BCUT2D eigenvalue weighted by Crippen LogP contribution is 2.22. The predicted octanol–water partition coefficient (Wildman–Crippen LogP) is -0.152. The van der Waals surface area contributed by atoms with Crippen LogP contribution in [0.3, 0.4) is 0 Å². The number of nitrogens with zero attached hydrogens (tertiary/aromatic N) is 1. The SMILES string of the molecule is NCCc1ccccc1C(=O)N1C[C@H](O)C[C@H]1C(=O)O. The van der Waals surface area contributed by atoms with Crippen LogP contribution in [-0.4, -0.2) is 52.2 Å². The standard InChI is InChI=1S/C14H18N2O4/c15-6-5-9-3-1-2-4-11(9)13(18)16-8-10(17)7-12(16)14(19)20/h1-4,10,12,17H,5-8,15H2,(H,19,20)/t10-,12+/m1/s1. The molecule has 0 aliphatic carbocycles. The molecule has 1 amide bonds. The number of benzene rings is 1. The number of carboxylic acids is 1. The van der Waals surface area contributed by atoms with E-state index in [0.29, 0.717) is 18.5 Å². The Bertz CT molecular complexity index is 518. The molecule has 2 atom stereocenters. The number of carbonyl (C=O) groups is 2. The third-order valence-electron chi connectivity index (χ3n) is 3.49. The van der Waals surface area contributed by atoms with Crippen molar-refractivity contribution in [3.63, 3.8) is 0 Å². The molecular formula is C14H18N2O4. The van der Waals surface area contributed by atoms with Crippen LogP contribution >= 0.6 is 0 Å². The van der Waals surface area contributed by atoms with Crippen molar-refractivity contribution in [2.24, 2.45) is 5.73 Å². The van der Waals surface area contributed by atoms with E-state index in [0.717, 1.165) is 5.56 Å². The summed E-state index contributed by atoms with van der Waals surface area (Å²) >= 11 is 0. The number of aliphatic hydroxyl groups excluding tert-OH is 1. The van der Waals surface area contributed by atoms with Gasteiger partial charge in [0.1, 0.15) is 6.04 Å². The van der Waals surface area contributed by atoms with E-state index in [1.807, 2.05) is 12.1 Å². The van der Waals surface area contributed by atoms with E-state index >= 15 is 0 Å². The first-order chi connectivity index (χ1) is 9.54. The van der Waals surface area contributed by atoms with E-state index in [-0.39, 0.29) is 18.9 Å². The van der Waals surface area contributed by atoms with Crippen molar-refractivity contribution < 1.29 is 19.8 Å². The Morgan fingerprint density at radius 2 is 2.05 bits per heavy atom. The second kappa shape index (κ2) is 6.02. The van der Waals surface area contributed by atoms with Crippen molar-refractivity contribution in [1.29, 1.82) is 0 Å². The van der Waals surface area contributed by atoms with Crippen LogP contribution in [0.4, 0.5) is 0 Å². The average Bonchev–Trinajstić information content (AvgIpc) is 2.81. The fraction of sp³-hybridized carbons (Fsp3) is 0.429. The first kappa shape index (κ1) is 14.5. The lowest BCUT2D eigenvalue weighted by Gasteiger charge is -2.22. The maximum Gasteiger partial charge on any atom is 0.326 e. The van der Waals surface area contributed by atoms with Crippen molar-refractivity contribution >= 4 is 11.9 Å². The van der Waals surface area contributed by atoms with E-state index in [2.05, 4.69) is 0 Å². The molecule has 0 saturated carbocycles. The number of carbonyl (C=O) groups excluding carboxylic acids is 1. The molecule has 0 bridgehead atoms. The second-order valence-electron chi connectivity index (χ2n) is 4.90. The molecule has 1 fully saturated rings. The molecular weight excluding hydrogens is 260 g/mol. The van der Waals surface area contributed by atoms with Gasteiger partial charge in [0.25, 0.3) is 5.91 Å². The highest BCUT2D eigenvalue weighted by Gasteiger charge is 2.39. The smallest absolute Gasteiger partial charge is 0.326 e. The van der Waals surface area contributed by atoms with Crippen LogP contribution in [-0.2, 0) is 11.2 Å². The normalized spacial score (nSPS) is 22.0. The van der Waals surface area contributed by atoms with Gasteiger partial charge < -0.3 is 20.8 Å². The van der Waals surface area contributed by atoms with Crippen LogP contribution in [0.15, 0.2) is 24.3 Å². The summed E-state index contributed by atoms with van der Waals surface area (Å²) in [5.41, 5.74) is 6.78. The van der Waals surface area contributed by atoms with Gasteiger partial charge in [0.2, 0.25) is 0 Å². The number of β-amino-alcohol motifs (C(OH)–C–C–N with tert-alkyl or cyclic N) is 1. The Morgan fingerprint density at radius 1 is 1.35 bits per heavy atom. The maximum atomic E-state index is 12.5. The molecule has 4 N–H and O–H groups in total. The van der Waals surface area contributed by atoms with Gasteiger partial charge in [-0.1, -0.05) is 18.2 Å². The summed E-state index contributed by atoms with van der Waals surface area (Å²) in [4.78, 5) is 24.9. The summed E-state index contributed by atoms with van der Waals surface area (Å²) in [7, 11) is 0. The molecule has 0 aromatic heterocycles. The first-order valence-electron chi connectivity index (χ1n) is 6.54. The third kappa shape index (κ3) is 2.81. The van der Waals surface area contributed by atoms with Crippen LogP contribution in [0.1, 0.15) is 22.3 Å². The van der Waals surface area contributed by atoms with Crippen LogP contribution in [0.25, 0.3) is 0 Å². The number of amides is 1. The summed E-state index contributed by atoms with van der Waals surface area (Å²) in [6, 6.07) is 6.05. The van der Waals surface area contributed by atoms with Gasteiger partial charge in [-0.2, -0.15) is 0 Å². The van der Waals surface area contributed by atoms with E-state index in [1.165, 1.54) is 4.90 Å². The van der Waals surface area contributed by atoms with E-state index in [4.69, 9.17) is 10.8 Å². The number of hydrogen-bond acceptors (Lipinski definition) is 4. The second-order valence-corrected chi connectivity index (χ2v) is 4.90. The third-order valence-corrected chi connectivity index (χ3v) is 3.49. The van der Waals surface area contributed by atoms with Gasteiger partial charge in [-0.25, -0.2) is 4.79 Å². The zero-order valence-corrected chi connectivity index (χ0v) is 11.0. The van der Waals surface area contributed by atoms with Crippen LogP contribution in [0, 0.1) is 0 Å². The molecule has 20 heavy (non-hydrogen) atoms. The summed E-state index contributed by atoms with van der Waals surface area (Å²) in [5, 5.41) is 18.8. The number of carboxylic acid groups (broad SMARTS) is 1. The minimum absolute atomic E-state index is 0.0484. The molecule has 1 aromatic rings. The Morgan fingerprint density at radius 3 is 2.70 bits per heavy atom. The minimum Gasteiger partial charge on any atom is -0.480 e. The largest absolute Gasteiger partial charge is 0.480 e. The molecule has 6 nitrogen and oxygen atoms in total. The highest BCUT2D eigenvalue weighted by molar-refractivity contribution is 5.98. The molecule has 1 aliphatic heterocycles. The van der Waals surface area contributed by atoms with Crippen LogP contribution in [0.2, 0.25) is 0 Å². The van der Waals surface area contributed by atoms with Crippen LogP contribution < -0.4 is 5.73 Å². The van der Waals surface area contributed by atoms with Gasteiger partial charge in [0, 0.05) is 18.5 Å². The number of hydrogen-bond donors (Lipinski definition) is 3. The Hall–Kier alpha value is -1.92. The molecule has 1 aliphatic rings. The van der Waals surface area contributed by atoms with E-state index in [9.17, 15) is 14.7 Å². The van der Waals surface area contributed by atoms with Gasteiger partial charge in [0.05, 0.1) is 6.10 Å². The zero-order valence-electron chi connectivity index (χ0n) is 11.0. The lowest BCUT2D eigenvalue weighted by molar-refractivity contribution is -0.141. The topological polar surface area (TPSA) is 104 Å². The fourth-order valence-electron chi connectivity index (χ4n) is 2.53.